The first-order chi connectivity index (χ1) is 13.8. The lowest BCUT2D eigenvalue weighted by Gasteiger charge is -2.35. The Bertz CT molecular complexity index is 865. The van der Waals surface area contributed by atoms with Crippen molar-refractivity contribution in [2.45, 2.75) is 50.5 Å². The van der Waals surface area contributed by atoms with E-state index < -0.39 is 0 Å². The quantitative estimate of drug-likeness (QED) is 0.887. The van der Waals surface area contributed by atoms with Gasteiger partial charge in [-0.1, -0.05) is 12.1 Å². The molecule has 5 rings (SSSR count). The summed E-state index contributed by atoms with van der Waals surface area (Å²) in [5, 5.41) is 13.5. The number of amides is 2. The number of hydrogen-bond acceptors (Lipinski definition) is 3. The molecule has 2 aromatic rings. The van der Waals surface area contributed by atoms with Crippen LogP contribution in [-0.4, -0.2) is 52.1 Å². The highest BCUT2D eigenvalue weighted by atomic mass is 16.3. The third-order valence-corrected chi connectivity index (χ3v) is 6.56. The fraction of sp³-hybridized carbons (Fsp3) is 0.545. The third kappa shape index (κ3) is 3.09. The molecule has 0 spiro atoms. The molecule has 0 bridgehead atoms. The highest BCUT2D eigenvalue weighted by Gasteiger charge is 2.35. The highest BCUT2D eigenvalue weighted by molar-refractivity contribution is 5.94. The van der Waals surface area contributed by atoms with Gasteiger partial charge < -0.3 is 10.0 Å². The van der Waals surface area contributed by atoms with Crippen LogP contribution >= 0.6 is 0 Å². The molecule has 1 N–H and O–H groups in total. The summed E-state index contributed by atoms with van der Waals surface area (Å²) in [5.74, 6) is 1.13. The summed E-state index contributed by atoms with van der Waals surface area (Å²) in [4.78, 5) is 17.2. The van der Waals surface area contributed by atoms with E-state index in [1.165, 1.54) is 29.7 Å². The SMILES string of the molecule is O=C(N1CCC(c2ccnn2CCO)CC1)N1CCc2c(C3CC3)cccc21. The number of rotatable bonds is 4. The summed E-state index contributed by atoms with van der Waals surface area (Å²) in [6, 6.07) is 8.70. The van der Waals surface area contributed by atoms with E-state index in [-0.39, 0.29) is 12.6 Å². The summed E-state index contributed by atoms with van der Waals surface area (Å²) in [6.07, 6.45) is 7.29. The van der Waals surface area contributed by atoms with Crippen LogP contribution in [0, 0.1) is 0 Å². The zero-order valence-corrected chi connectivity index (χ0v) is 16.3. The van der Waals surface area contributed by atoms with Crippen LogP contribution in [0.1, 0.15) is 54.3 Å². The van der Waals surface area contributed by atoms with Crippen molar-refractivity contribution < 1.29 is 9.90 Å². The number of aliphatic hydroxyl groups excluding tert-OH is 1. The molecule has 2 fully saturated rings. The molecule has 28 heavy (non-hydrogen) atoms. The van der Waals surface area contributed by atoms with E-state index in [0.717, 1.165) is 50.5 Å². The zero-order valence-electron chi connectivity index (χ0n) is 16.3. The molecule has 6 heteroatoms. The number of nitrogens with zero attached hydrogens (tertiary/aromatic N) is 4. The van der Waals surface area contributed by atoms with Gasteiger partial charge in [-0.05, 0) is 61.3 Å². The lowest BCUT2D eigenvalue weighted by atomic mass is 9.93. The number of aromatic nitrogens is 2. The fourth-order valence-electron chi connectivity index (χ4n) is 4.95. The molecule has 1 aromatic carbocycles. The number of carbonyl (C=O) groups is 1. The van der Waals surface area contributed by atoms with Crippen LogP contribution in [0.4, 0.5) is 10.5 Å². The van der Waals surface area contributed by atoms with Crippen LogP contribution in [0.5, 0.6) is 0 Å². The fourth-order valence-corrected chi connectivity index (χ4v) is 4.95. The largest absolute Gasteiger partial charge is 0.394 e. The predicted octanol–water partition coefficient (Wildman–Crippen LogP) is 3.11. The Morgan fingerprint density at radius 2 is 1.89 bits per heavy atom. The Kier molecular flexibility index (Phi) is 4.59. The second kappa shape index (κ2) is 7.24. The first-order valence-electron chi connectivity index (χ1n) is 10.6. The second-order valence-corrected chi connectivity index (χ2v) is 8.27. The average Bonchev–Trinajstić information content (AvgIpc) is 3.31. The number of carbonyl (C=O) groups excluding carboxylic acids is 1. The minimum absolute atomic E-state index is 0.100. The number of piperidine rings is 1. The van der Waals surface area contributed by atoms with Crippen molar-refractivity contribution in [3.8, 4) is 0 Å². The molecule has 1 saturated carbocycles. The Morgan fingerprint density at radius 1 is 1.07 bits per heavy atom. The lowest BCUT2D eigenvalue weighted by molar-refractivity contribution is 0.186. The molecule has 2 amide bonds. The van der Waals surface area contributed by atoms with Crippen LogP contribution in [0.3, 0.4) is 0 Å². The van der Waals surface area contributed by atoms with Crippen LogP contribution in [0.2, 0.25) is 0 Å². The summed E-state index contributed by atoms with van der Waals surface area (Å²) >= 11 is 0. The van der Waals surface area contributed by atoms with Gasteiger partial charge in [-0.25, -0.2) is 4.79 Å². The smallest absolute Gasteiger partial charge is 0.324 e. The Balaban J connectivity index is 1.26. The second-order valence-electron chi connectivity index (χ2n) is 8.27. The predicted molar refractivity (Wildman–Crippen MR) is 108 cm³/mol. The maximum atomic E-state index is 13.2. The summed E-state index contributed by atoms with van der Waals surface area (Å²) in [5.41, 5.74) is 5.20. The van der Waals surface area contributed by atoms with Crippen LogP contribution in [0.25, 0.3) is 0 Å². The molecule has 0 radical (unpaired) electrons. The normalized spacial score (nSPS) is 19.9. The molecule has 1 saturated heterocycles. The van der Waals surface area contributed by atoms with Crippen LogP contribution < -0.4 is 4.90 Å². The average molecular weight is 380 g/mol. The van der Waals surface area contributed by atoms with Crippen LogP contribution in [0.15, 0.2) is 30.5 Å². The van der Waals surface area contributed by atoms with Crippen molar-refractivity contribution in [3.05, 3.63) is 47.3 Å². The van der Waals surface area contributed by atoms with Gasteiger partial charge in [-0.15, -0.1) is 0 Å². The standard InChI is InChI=1S/C22H28N4O2/c27-15-14-26-20(6-10-23-26)17-7-11-24(12-8-17)22(28)25-13-9-19-18(16-4-5-16)2-1-3-21(19)25/h1-3,6,10,16-17,27H,4-5,7-9,11-15H2. The minimum Gasteiger partial charge on any atom is -0.394 e. The van der Waals surface area contributed by atoms with Gasteiger partial charge in [-0.2, -0.15) is 5.10 Å². The Labute approximate surface area is 165 Å². The number of benzene rings is 1. The van der Waals surface area contributed by atoms with E-state index in [1.54, 1.807) is 6.20 Å². The Morgan fingerprint density at radius 3 is 2.64 bits per heavy atom. The van der Waals surface area contributed by atoms with E-state index in [1.807, 2.05) is 20.5 Å². The molecule has 3 aliphatic rings. The molecular weight excluding hydrogens is 352 g/mol. The van der Waals surface area contributed by atoms with Gasteiger partial charge in [0.25, 0.3) is 0 Å². The summed E-state index contributed by atoms with van der Waals surface area (Å²) in [6.45, 7) is 3.00. The van der Waals surface area contributed by atoms with Crippen molar-refractivity contribution in [1.29, 1.82) is 0 Å². The van der Waals surface area contributed by atoms with E-state index in [9.17, 15) is 9.90 Å². The Hall–Kier alpha value is -2.34. The number of anilines is 1. The molecule has 3 heterocycles. The van der Waals surface area contributed by atoms with E-state index in [0.29, 0.717) is 12.5 Å². The van der Waals surface area contributed by atoms with Gasteiger partial charge >= 0.3 is 6.03 Å². The number of fused-ring (bicyclic) bond motifs is 1. The highest BCUT2D eigenvalue weighted by Crippen LogP contribution is 2.45. The third-order valence-electron chi connectivity index (χ3n) is 6.56. The first kappa shape index (κ1) is 17.7. The molecule has 148 valence electrons. The van der Waals surface area contributed by atoms with Crippen LogP contribution in [-0.2, 0) is 13.0 Å². The van der Waals surface area contributed by atoms with E-state index in [2.05, 4.69) is 23.3 Å². The number of aliphatic hydroxyl groups is 1. The number of hydrogen-bond donors (Lipinski definition) is 1. The van der Waals surface area contributed by atoms with Gasteiger partial charge in [0.1, 0.15) is 0 Å². The maximum Gasteiger partial charge on any atom is 0.324 e. The molecular formula is C22H28N4O2. The van der Waals surface area contributed by atoms with E-state index in [4.69, 9.17) is 0 Å². The molecule has 0 atom stereocenters. The van der Waals surface area contributed by atoms with Gasteiger partial charge in [0, 0.05) is 43.1 Å². The topological polar surface area (TPSA) is 61.6 Å². The number of urea groups is 1. The van der Waals surface area contributed by atoms with Gasteiger partial charge in [0.05, 0.1) is 13.2 Å². The molecule has 6 nitrogen and oxygen atoms in total. The van der Waals surface area contributed by atoms with E-state index >= 15 is 0 Å². The van der Waals surface area contributed by atoms with Gasteiger partial charge in [0.15, 0.2) is 0 Å². The zero-order chi connectivity index (χ0) is 19.1. The maximum absolute atomic E-state index is 13.2. The van der Waals surface area contributed by atoms with Crippen molar-refractivity contribution in [2.24, 2.45) is 0 Å². The summed E-state index contributed by atoms with van der Waals surface area (Å²) in [7, 11) is 0. The minimum atomic E-state index is 0.100. The summed E-state index contributed by atoms with van der Waals surface area (Å²) < 4.78 is 1.90. The molecule has 2 aliphatic heterocycles. The van der Waals surface area contributed by atoms with Gasteiger partial charge in [-0.3, -0.25) is 9.58 Å². The monoisotopic (exact) mass is 380 g/mol. The molecule has 1 aliphatic carbocycles. The van der Waals surface area contributed by atoms with Crippen molar-refractivity contribution in [1.82, 2.24) is 14.7 Å². The molecule has 0 unspecified atom stereocenters. The number of likely N-dealkylation sites (tertiary alicyclic amines) is 1. The van der Waals surface area contributed by atoms with Crippen molar-refractivity contribution in [3.63, 3.8) is 0 Å². The molecule has 1 aromatic heterocycles. The lowest BCUT2D eigenvalue weighted by Crippen LogP contribution is -2.46. The van der Waals surface area contributed by atoms with Crippen molar-refractivity contribution in [2.75, 3.05) is 31.1 Å². The van der Waals surface area contributed by atoms with Gasteiger partial charge in [0.2, 0.25) is 0 Å². The van der Waals surface area contributed by atoms with Crippen molar-refractivity contribution >= 4 is 11.7 Å². The first-order valence-corrected chi connectivity index (χ1v) is 10.6.